The van der Waals surface area contributed by atoms with Gasteiger partial charge in [0, 0.05) is 7.05 Å². The van der Waals surface area contributed by atoms with Crippen LogP contribution >= 0.6 is 0 Å². The summed E-state index contributed by atoms with van der Waals surface area (Å²) in [6, 6.07) is 6.13. The van der Waals surface area contributed by atoms with Crippen molar-refractivity contribution in [2.75, 3.05) is 13.6 Å². The van der Waals surface area contributed by atoms with E-state index in [9.17, 15) is 14.0 Å². The van der Waals surface area contributed by atoms with Gasteiger partial charge in [-0.25, -0.2) is 4.39 Å². The quantitative estimate of drug-likeness (QED) is 0.856. The second-order valence-electron chi connectivity index (χ2n) is 4.80. The average Bonchev–Trinajstić information content (AvgIpc) is 2.34. The fourth-order valence-corrected chi connectivity index (χ4v) is 2.38. The first-order valence-corrected chi connectivity index (χ1v) is 6.33. The first-order chi connectivity index (χ1) is 9.08. The Morgan fingerprint density at radius 2 is 2.11 bits per heavy atom. The lowest BCUT2D eigenvalue weighted by Crippen LogP contribution is -2.51. The van der Waals surface area contributed by atoms with Crippen molar-refractivity contribution in [2.24, 2.45) is 0 Å². The van der Waals surface area contributed by atoms with Crippen molar-refractivity contribution in [3.05, 3.63) is 35.6 Å². The van der Waals surface area contributed by atoms with E-state index in [-0.39, 0.29) is 24.2 Å². The van der Waals surface area contributed by atoms with Crippen LogP contribution in [0.1, 0.15) is 24.8 Å². The highest BCUT2D eigenvalue weighted by atomic mass is 19.1. The van der Waals surface area contributed by atoms with Crippen LogP contribution < -0.4 is 10.6 Å². The zero-order valence-corrected chi connectivity index (χ0v) is 10.8. The molecular weight excluding hydrogens is 247 g/mol. The second-order valence-corrected chi connectivity index (χ2v) is 4.80. The molecule has 2 N–H and O–H groups in total. The second kappa shape index (κ2) is 5.38. The molecule has 1 aromatic carbocycles. The molecular formula is C14H17FN2O2. The normalized spacial score (nSPS) is 16.3. The molecule has 0 saturated heterocycles. The molecule has 0 aromatic heterocycles. The number of amides is 2. The Kier molecular flexibility index (Phi) is 3.83. The average molecular weight is 264 g/mol. The van der Waals surface area contributed by atoms with E-state index in [1.807, 2.05) is 0 Å². The third kappa shape index (κ3) is 2.59. The number of halogens is 1. The number of rotatable bonds is 4. The minimum Gasteiger partial charge on any atom is -0.358 e. The van der Waals surface area contributed by atoms with Gasteiger partial charge < -0.3 is 10.6 Å². The molecule has 0 heterocycles. The highest BCUT2D eigenvalue weighted by molar-refractivity contribution is 5.92. The van der Waals surface area contributed by atoms with Crippen LogP contribution in [-0.2, 0) is 15.0 Å². The zero-order valence-electron chi connectivity index (χ0n) is 10.8. The van der Waals surface area contributed by atoms with E-state index in [1.165, 1.54) is 19.2 Å². The molecule has 0 spiro atoms. The van der Waals surface area contributed by atoms with Crippen LogP contribution in [0.15, 0.2) is 24.3 Å². The number of nitrogens with one attached hydrogen (secondary N) is 2. The number of benzene rings is 1. The molecule has 0 unspecified atom stereocenters. The van der Waals surface area contributed by atoms with Crippen LogP contribution in [0.4, 0.5) is 4.39 Å². The summed E-state index contributed by atoms with van der Waals surface area (Å²) < 4.78 is 13.3. The van der Waals surface area contributed by atoms with Crippen molar-refractivity contribution in [2.45, 2.75) is 24.7 Å². The molecule has 0 aliphatic heterocycles. The fourth-order valence-electron chi connectivity index (χ4n) is 2.38. The third-order valence-corrected chi connectivity index (χ3v) is 3.71. The van der Waals surface area contributed by atoms with E-state index in [4.69, 9.17) is 0 Å². The first kappa shape index (κ1) is 13.5. The van der Waals surface area contributed by atoms with E-state index < -0.39 is 5.41 Å². The first-order valence-electron chi connectivity index (χ1n) is 6.33. The minimum atomic E-state index is -0.671. The number of hydrogen-bond donors (Lipinski definition) is 2. The van der Waals surface area contributed by atoms with Gasteiger partial charge in [0.25, 0.3) is 0 Å². The lowest BCUT2D eigenvalue weighted by atomic mass is 9.64. The Morgan fingerprint density at radius 3 is 2.63 bits per heavy atom. The Morgan fingerprint density at radius 1 is 1.37 bits per heavy atom. The molecule has 2 amide bonds. The summed E-state index contributed by atoms with van der Waals surface area (Å²) in [4.78, 5) is 23.4. The van der Waals surface area contributed by atoms with Gasteiger partial charge in [0.1, 0.15) is 5.82 Å². The van der Waals surface area contributed by atoms with Crippen molar-refractivity contribution in [3.8, 4) is 0 Å². The van der Waals surface area contributed by atoms with Gasteiger partial charge in [-0.05, 0) is 30.5 Å². The molecule has 102 valence electrons. The Bertz CT molecular complexity index is 498. The molecule has 1 aromatic rings. The topological polar surface area (TPSA) is 58.2 Å². The maximum absolute atomic E-state index is 13.3. The van der Waals surface area contributed by atoms with Crippen molar-refractivity contribution < 1.29 is 14.0 Å². The van der Waals surface area contributed by atoms with Crippen LogP contribution in [0.5, 0.6) is 0 Å². The van der Waals surface area contributed by atoms with E-state index in [1.54, 1.807) is 12.1 Å². The van der Waals surface area contributed by atoms with Gasteiger partial charge in [-0.15, -0.1) is 0 Å². The summed E-state index contributed by atoms with van der Waals surface area (Å²) in [5.41, 5.74) is 0.0176. The fraction of sp³-hybridized carbons (Fsp3) is 0.429. The molecule has 1 aliphatic rings. The maximum Gasteiger partial charge on any atom is 0.239 e. The van der Waals surface area contributed by atoms with Gasteiger partial charge in [0.05, 0.1) is 12.0 Å². The van der Waals surface area contributed by atoms with Crippen LogP contribution in [0.3, 0.4) is 0 Å². The molecule has 0 bridgehead atoms. The van der Waals surface area contributed by atoms with Crippen molar-refractivity contribution in [1.29, 1.82) is 0 Å². The third-order valence-electron chi connectivity index (χ3n) is 3.71. The molecule has 5 heteroatoms. The van der Waals surface area contributed by atoms with Crippen molar-refractivity contribution in [1.82, 2.24) is 10.6 Å². The van der Waals surface area contributed by atoms with Gasteiger partial charge in [0.15, 0.2) is 0 Å². The number of hydrogen-bond acceptors (Lipinski definition) is 2. The lowest BCUT2D eigenvalue weighted by molar-refractivity contribution is -0.132. The standard InChI is InChI=1S/C14H17FN2O2/c1-16-12(18)9-17-13(19)14(6-3-7-14)10-4-2-5-11(15)8-10/h2,4-5,8H,3,6-7,9H2,1H3,(H,16,18)(H,17,19). The Hall–Kier alpha value is -1.91. The predicted octanol–water partition coefficient (Wildman–Crippen LogP) is 1.11. The largest absolute Gasteiger partial charge is 0.358 e. The monoisotopic (exact) mass is 264 g/mol. The maximum atomic E-state index is 13.3. The van der Waals surface area contributed by atoms with E-state index in [0.717, 1.165) is 6.42 Å². The SMILES string of the molecule is CNC(=O)CNC(=O)C1(c2cccc(F)c2)CCC1. The minimum absolute atomic E-state index is 0.0492. The smallest absolute Gasteiger partial charge is 0.239 e. The molecule has 4 nitrogen and oxygen atoms in total. The van der Waals surface area contributed by atoms with Crippen molar-refractivity contribution in [3.63, 3.8) is 0 Å². The number of likely N-dealkylation sites (N-methyl/N-ethyl adjacent to an activating group) is 1. The molecule has 0 radical (unpaired) electrons. The number of carbonyl (C=O) groups is 2. The van der Waals surface area contributed by atoms with Crippen LogP contribution in [0.2, 0.25) is 0 Å². The highest BCUT2D eigenvalue weighted by Gasteiger charge is 2.45. The summed E-state index contributed by atoms with van der Waals surface area (Å²) in [5, 5.41) is 5.06. The summed E-state index contributed by atoms with van der Waals surface area (Å²) in [6.07, 6.45) is 2.32. The summed E-state index contributed by atoms with van der Waals surface area (Å²) in [7, 11) is 1.51. The van der Waals surface area contributed by atoms with Gasteiger partial charge >= 0.3 is 0 Å². The summed E-state index contributed by atoms with van der Waals surface area (Å²) in [5.74, 6) is -0.794. The van der Waals surface area contributed by atoms with E-state index in [2.05, 4.69) is 10.6 Å². The van der Waals surface area contributed by atoms with Gasteiger partial charge in [-0.1, -0.05) is 18.6 Å². The Balaban J connectivity index is 2.14. The summed E-state index contributed by atoms with van der Waals surface area (Å²) in [6.45, 7) is -0.0492. The highest BCUT2D eigenvalue weighted by Crippen LogP contribution is 2.44. The van der Waals surface area contributed by atoms with Crippen molar-refractivity contribution >= 4 is 11.8 Å². The van der Waals surface area contributed by atoms with Gasteiger partial charge in [-0.2, -0.15) is 0 Å². The zero-order chi connectivity index (χ0) is 13.9. The molecule has 1 fully saturated rings. The molecule has 1 saturated carbocycles. The van der Waals surface area contributed by atoms with Gasteiger partial charge in [0.2, 0.25) is 11.8 Å². The Labute approximate surface area is 111 Å². The molecule has 0 atom stereocenters. The van der Waals surface area contributed by atoms with E-state index in [0.29, 0.717) is 18.4 Å². The van der Waals surface area contributed by atoms with Crippen LogP contribution in [0, 0.1) is 5.82 Å². The lowest BCUT2D eigenvalue weighted by Gasteiger charge is -2.40. The molecule has 1 aliphatic carbocycles. The summed E-state index contributed by atoms with van der Waals surface area (Å²) >= 11 is 0. The molecule has 19 heavy (non-hydrogen) atoms. The van der Waals surface area contributed by atoms with Gasteiger partial charge in [-0.3, -0.25) is 9.59 Å². The number of carbonyl (C=O) groups excluding carboxylic acids is 2. The van der Waals surface area contributed by atoms with Crippen LogP contribution in [0.25, 0.3) is 0 Å². The predicted molar refractivity (Wildman–Crippen MR) is 69.0 cm³/mol. The van der Waals surface area contributed by atoms with E-state index >= 15 is 0 Å². The van der Waals surface area contributed by atoms with Crippen LogP contribution in [-0.4, -0.2) is 25.4 Å². The molecule has 2 rings (SSSR count).